The Morgan fingerprint density at radius 1 is 0.416 bits per heavy atom. The zero-order valence-electron chi connectivity index (χ0n) is 55.9. The van der Waals surface area contributed by atoms with Crippen molar-refractivity contribution >= 4 is 5.91 Å². The largest absolute Gasteiger partial charge is 0.394 e. The van der Waals surface area contributed by atoms with E-state index in [0.29, 0.717) is 12.8 Å². The Hall–Kier alpha value is -3.09. The molecule has 0 aliphatic carbocycles. The van der Waals surface area contributed by atoms with Crippen LogP contribution in [0.15, 0.2) is 97.2 Å². The maximum Gasteiger partial charge on any atom is 0.220 e. The van der Waals surface area contributed by atoms with Gasteiger partial charge in [-0.1, -0.05) is 291 Å². The lowest BCUT2D eigenvalue weighted by atomic mass is 9.97. The first kappa shape index (κ1) is 82.0. The SMILES string of the molecule is CC/C=C\C/C=C\C/C=C\C/C=C\C/C=C\C/C=C\C/C=C\C/C=C\CCCCCCCCCCCCCCC(=O)NC(COC1OC(CO)C(OC2OC(CO)C(O)C(O)C2O)C(O)C1O)C(O)CCCCCCCCCCCCCCCCCCCC. The Bertz CT molecular complexity index is 1860. The number of allylic oxidation sites excluding steroid dienone is 16. The molecule has 0 aromatic rings. The zero-order valence-corrected chi connectivity index (χ0v) is 55.9. The lowest BCUT2D eigenvalue weighted by Crippen LogP contribution is -2.65. The predicted octanol–water partition coefficient (Wildman–Crippen LogP) is 15.0. The van der Waals surface area contributed by atoms with Gasteiger partial charge in [0, 0.05) is 6.42 Å². The number of carbonyl (C=O) groups is 1. The molecule has 0 aromatic heterocycles. The summed E-state index contributed by atoms with van der Waals surface area (Å²) >= 11 is 0. The van der Waals surface area contributed by atoms with Crippen LogP contribution < -0.4 is 5.32 Å². The van der Waals surface area contributed by atoms with E-state index in [1.807, 2.05) is 0 Å². The molecule has 0 radical (unpaired) electrons. The molecule has 2 heterocycles. The minimum absolute atomic E-state index is 0.210. The van der Waals surface area contributed by atoms with Crippen LogP contribution in [0.5, 0.6) is 0 Å². The number of nitrogens with one attached hydrogen (secondary N) is 1. The molecule has 1 amide bonds. The van der Waals surface area contributed by atoms with Gasteiger partial charge in [-0.2, -0.15) is 0 Å². The molecule has 14 heteroatoms. The van der Waals surface area contributed by atoms with Crippen LogP contribution >= 0.6 is 0 Å². The van der Waals surface area contributed by atoms with Gasteiger partial charge in [0.25, 0.3) is 0 Å². The summed E-state index contributed by atoms with van der Waals surface area (Å²) in [5.41, 5.74) is 0. The van der Waals surface area contributed by atoms with Gasteiger partial charge < -0.3 is 65.1 Å². The van der Waals surface area contributed by atoms with E-state index in [2.05, 4.69) is 116 Å². The van der Waals surface area contributed by atoms with Gasteiger partial charge in [0.2, 0.25) is 5.91 Å². The van der Waals surface area contributed by atoms with Gasteiger partial charge in [0.05, 0.1) is 32.0 Å². The van der Waals surface area contributed by atoms with Crippen molar-refractivity contribution in [3.63, 3.8) is 0 Å². The van der Waals surface area contributed by atoms with E-state index >= 15 is 0 Å². The third-order valence-electron chi connectivity index (χ3n) is 17.1. The van der Waals surface area contributed by atoms with Crippen LogP contribution in [-0.2, 0) is 23.7 Å². The maximum absolute atomic E-state index is 13.4. The minimum Gasteiger partial charge on any atom is -0.394 e. The van der Waals surface area contributed by atoms with Crippen LogP contribution in [0.2, 0.25) is 0 Å². The van der Waals surface area contributed by atoms with E-state index in [1.165, 1.54) is 141 Å². The van der Waals surface area contributed by atoms with Crippen LogP contribution in [0.3, 0.4) is 0 Å². The summed E-state index contributed by atoms with van der Waals surface area (Å²) in [6.45, 7) is 2.77. The number of aliphatic hydroxyl groups excluding tert-OH is 8. The molecule has 14 nitrogen and oxygen atoms in total. The number of carbonyl (C=O) groups excluding carboxylic acids is 1. The average Bonchev–Trinajstić information content (AvgIpc) is 1.44. The van der Waals surface area contributed by atoms with Crippen LogP contribution in [0.4, 0.5) is 0 Å². The Labute approximate surface area is 541 Å². The highest BCUT2D eigenvalue weighted by Gasteiger charge is 2.51. The van der Waals surface area contributed by atoms with E-state index in [-0.39, 0.29) is 12.5 Å². The third kappa shape index (κ3) is 42.7. The van der Waals surface area contributed by atoms with Crippen molar-refractivity contribution in [3.8, 4) is 0 Å². The van der Waals surface area contributed by atoms with Gasteiger partial charge in [-0.15, -0.1) is 0 Å². The molecular formula is C75H131NO13. The Balaban J connectivity index is 1.63. The Morgan fingerprint density at radius 2 is 0.775 bits per heavy atom. The molecular weight excluding hydrogens is 1120 g/mol. The fourth-order valence-electron chi connectivity index (χ4n) is 11.4. The average molecular weight is 1250 g/mol. The second-order valence-electron chi connectivity index (χ2n) is 25.0. The summed E-state index contributed by atoms with van der Waals surface area (Å²) < 4.78 is 22.9. The summed E-state index contributed by atoms with van der Waals surface area (Å²) in [4.78, 5) is 13.4. The van der Waals surface area contributed by atoms with Crippen molar-refractivity contribution in [1.29, 1.82) is 0 Å². The topological polar surface area (TPSA) is 228 Å². The summed E-state index contributed by atoms with van der Waals surface area (Å²) in [6.07, 6.45) is 65.6. The number of ether oxygens (including phenoxy) is 4. The monoisotopic (exact) mass is 1250 g/mol. The van der Waals surface area contributed by atoms with Crippen molar-refractivity contribution < 1.29 is 64.6 Å². The number of hydrogen-bond donors (Lipinski definition) is 9. The molecule has 2 aliphatic rings. The van der Waals surface area contributed by atoms with Crippen LogP contribution in [0.1, 0.15) is 277 Å². The van der Waals surface area contributed by atoms with Gasteiger partial charge in [-0.05, 0) is 77.0 Å². The first-order valence-corrected chi connectivity index (χ1v) is 36.0. The molecule has 89 heavy (non-hydrogen) atoms. The smallest absolute Gasteiger partial charge is 0.220 e. The second-order valence-corrected chi connectivity index (χ2v) is 25.0. The van der Waals surface area contributed by atoms with E-state index in [4.69, 9.17) is 18.9 Å². The van der Waals surface area contributed by atoms with E-state index in [9.17, 15) is 45.6 Å². The molecule has 2 fully saturated rings. The van der Waals surface area contributed by atoms with Gasteiger partial charge >= 0.3 is 0 Å². The fraction of sp³-hybridized carbons (Fsp3) is 0.773. The molecule has 0 aromatic carbocycles. The Morgan fingerprint density at radius 3 is 1.19 bits per heavy atom. The molecule has 0 saturated carbocycles. The standard InChI is InChI=1S/C75H131NO13/c1-3-5-7-9-11-13-15-17-19-21-23-24-25-26-27-28-29-30-31-32-33-34-35-36-37-38-39-40-41-43-45-47-49-51-53-55-57-59-67(80)76-63(64(79)58-56-54-52-50-48-46-44-42-22-20-18-16-14-12-10-8-6-4-2)62-86-74-72(85)70(83)73(66(61-78)88-74)89-75-71(84)69(82)68(81)65(60-77)87-75/h5,7,11,13,17,19,23-24,26-27,29-30,32-33,35-36,63-66,68-75,77-79,81-85H,3-4,6,8-10,12,14-16,18,20-22,25,28,31,34,37-62H2,1-2H3,(H,76,80)/b7-5-,13-11-,19-17-,24-23-,27-26-,30-29-,33-32-,36-35-. The van der Waals surface area contributed by atoms with Crippen molar-refractivity contribution in [2.45, 2.75) is 351 Å². The summed E-state index contributed by atoms with van der Waals surface area (Å²) in [7, 11) is 0. The summed E-state index contributed by atoms with van der Waals surface area (Å²) in [5.74, 6) is -0.210. The minimum atomic E-state index is -1.79. The van der Waals surface area contributed by atoms with E-state index in [1.54, 1.807) is 0 Å². The van der Waals surface area contributed by atoms with Crippen molar-refractivity contribution in [3.05, 3.63) is 97.2 Å². The number of unbranched alkanes of at least 4 members (excludes halogenated alkanes) is 29. The fourth-order valence-corrected chi connectivity index (χ4v) is 11.4. The highest BCUT2D eigenvalue weighted by Crippen LogP contribution is 2.30. The van der Waals surface area contributed by atoms with Crippen LogP contribution in [0, 0.1) is 0 Å². The maximum atomic E-state index is 13.4. The van der Waals surface area contributed by atoms with E-state index in [0.717, 1.165) is 109 Å². The molecule has 0 bridgehead atoms. The molecule has 2 aliphatic heterocycles. The molecule has 2 saturated heterocycles. The van der Waals surface area contributed by atoms with Crippen molar-refractivity contribution in [2.75, 3.05) is 19.8 Å². The molecule has 9 N–H and O–H groups in total. The highest BCUT2D eigenvalue weighted by molar-refractivity contribution is 5.76. The number of amides is 1. The molecule has 0 spiro atoms. The molecule has 12 unspecified atom stereocenters. The normalized spacial score (nSPS) is 23.6. The summed E-state index contributed by atoms with van der Waals surface area (Å²) in [6, 6.07) is -0.836. The van der Waals surface area contributed by atoms with Crippen molar-refractivity contribution in [1.82, 2.24) is 5.32 Å². The molecule has 514 valence electrons. The highest BCUT2D eigenvalue weighted by atomic mass is 16.7. The first-order valence-electron chi connectivity index (χ1n) is 36.0. The number of rotatable bonds is 58. The van der Waals surface area contributed by atoms with Crippen molar-refractivity contribution in [2.24, 2.45) is 0 Å². The number of hydrogen-bond acceptors (Lipinski definition) is 13. The summed E-state index contributed by atoms with van der Waals surface area (Å²) in [5, 5.41) is 87.6. The third-order valence-corrected chi connectivity index (χ3v) is 17.1. The first-order chi connectivity index (χ1) is 43.6. The second kappa shape index (κ2) is 58.7. The molecule has 12 atom stereocenters. The molecule has 2 rings (SSSR count). The lowest BCUT2D eigenvalue weighted by molar-refractivity contribution is -0.359. The zero-order chi connectivity index (χ0) is 64.5. The van der Waals surface area contributed by atoms with Crippen LogP contribution in [-0.4, -0.2) is 140 Å². The van der Waals surface area contributed by atoms with Crippen LogP contribution in [0.25, 0.3) is 0 Å². The van der Waals surface area contributed by atoms with Gasteiger partial charge in [-0.3, -0.25) is 4.79 Å². The van der Waals surface area contributed by atoms with E-state index < -0.39 is 86.8 Å². The Kier molecular flexibility index (Phi) is 54.1. The lowest BCUT2D eigenvalue weighted by Gasteiger charge is -2.46. The quantitative estimate of drug-likeness (QED) is 0.0204. The van der Waals surface area contributed by atoms with Gasteiger partial charge in [0.1, 0.15) is 48.8 Å². The van der Waals surface area contributed by atoms with Gasteiger partial charge in [-0.25, -0.2) is 0 Å². The number of aliphatic hydroxyl groups is 8. The van der Waals surface area contributed by atoms with Gasteiger partial charge in [0.15, 0.2) is 12.6 Å². The predicted molar refractivity (Wildman–Crippen MR) is 364 cm³/mol.